The molecule has 13 nitrogen and oxygen atoms in total. The van der Waals surface area contributed by atoms with Crippen molar-refractivity contribution >= 4 is 42.3 Å². The molecule has 3 aromatic rings. The van der Waals surface area contributed by atoms with Crippen LogP contribution in [-0.2, 0) is 23.4 Å². The largest absolute Gasteiger partial charge is 0.465 e. The van der Waals surface area contributed by atoms with Gasteiger partial charge in [0, 0.05) is 7.05 Å². The number of aliphatic hydroxyl groups excluding tert-OH is 1. The number of aromatic nitrogens is 4. The molecule has 0 spiro atoms. The van der Waals surface area contributed by atoms with Gasteiger partial charge in [0.05, 0.1) is 25.4 Å². The normalized spacial score (nSPS) is 24.9. The number of aliphatic hydroxyl groups is 1. The summed E-state index contributed by atoms with van der Waals surface area (Å²) in [5, 5.41) is 16.4. The number of hydrogen-bond donors (Lipinski definition) is 3. The molecule has 0 aliphatic carbocycles. The molecule has 1 aromatic carbocycles. The second kappa shape index (κ2) is 12.3. The van der Waals surface area contributed by atoms with Crippen LogP contribution < -0.4 is 14.9 Å². The SMILES string of the molecule is CCOC(=O)[C@@H](C)N[P@@](=O)(OC[C@@]1(CCl)O[C@@H](n2cnc3c(NC)nc(C)nc32)[C@H](F)[C@@H]1O)Oc1ccccc1. The number of benzene rings is 1. The Morgan fingerprint density at radius 2 is 2.08 bits per heavy atom. The van der Waals surface area contributed by atoms with E-state index < -0.39 is 56.3 Å². The fraction of sp³-hybridized carbons (Fsp3) is 0.500. The summed E-state index contributed by atoms with van der Waals surface area (Å²) in [6.07, 6.45) is -3.87. The van der Waals surface area contributed by atoms with Crippen LogP contribution in [0.4, 0.5) is 10.2 Å². The van der Waals surface area contributed by atoms with E-state index in [0.717, 1.165) is 0 Å². The van der Waals surface area contributed by atoms with E-state index in [2.05, 4.69) is 25.4 Å². The molecule has 4 rings (SSSR count). The van der Waals surface area contributed by atoms with Crippen LogP contribution in [0.1, 0.15) is 25.9 Å². The minimum absolute atomic E-state index is 0.105. The van der Waals surface area contributed by atoms with E-state index in [4.69, 9.17) is 30.1 Å². The fourth-order valence-corrected chi connectivity index (χ4v) is 5.99. The highest BCUT2D eigenvalue weighted by molar-refractivity contribution is 7.52. The summed E-state index contributed by atoms with van der Waals surface area (Å²) in [5.74, 6) is -0.125. The number of carbonyl (C=O) groups excluding carboxylic acids is 1. The molecule has 3 N–H and O–H groups in total. The van der Waals surface area contributed by atoms with Gasteiger partial charge in [-0.2, -0.15) is 5.09 Å². The number of fused-ring (bicyclic) bond motifs is 1. The standard InChI is InChI=1S/C24H31ClFN6O7P/c1-5-36-23(34)14(2)31-40(35,39-16-9-7-6-8-10-16)37-12-24(11-25)19(33)17(26)22(38-24)32-13-28-18-20(27-4)29-15(3)30-21(18)32/h6-10,13-14,17,19,22,33H,5,11-12H2,1-4H3,(H,31,35)(H,27,29,30)/t14-,17-,19+,22-,24-,40-/m1/s1. The first-order valence-electron chi connectivity index (χ1n) is 12.4. The lowest BCUT2D eigenvalue weighted by atomic mass is 9.99. The number of aryl methyl sites for hydroxylation is 1. The van der Waals surface area contributed by atoms with Crippen molar-refractivity contribution < 1.29 is 37.4 Å². The van der Waals surface area contributed by atoms with Crippen LogP contribution in [0.25, 0.3) is 11.2 Å². The molecule has 1 saturated heterocycles. The van der Waals surface area contributed by atoms with Crippen LogP contribution in [0.5, 0.6) is 5.75 Å². The number of esters is 1. The molecule has 1 aliphatic heterocycles. The first-order valence-corrected chi connectivity index (χ1v) is 14.5. The number of anilines is 1. The Hall–Kier alpha value is -2.87. The predicted molar refractivity (Wildman–Crippen MR) is 144 cm³/mol. The lowest BCUT2D eigenvalue weighted by molar-refractivity contribution is -0.144. The van der Waals surface area contributed by atoms with E-state index in [-0.39, 0.29) is 18.0 Å². The number of imidazole rings is 1. The van der Waals surface area contributed by atoms with E-state index in [1.165, 1.54) is 30.0 Å². The van der Waals surface area contributed by atoms with Gasteiger partial charge in [0.1, 0.15) is 29.3 Å². The summed E-state index contributed by atoms with van der Waals surface area (Å²) in [6, 6.07) is 7.00. The van der Waals surface area contributed by atoms with E-state index in [1.807, 2.05) is 0 Å². The van der Waals surface area contributed by atoms with Crippen LogP contribution in [0.15, 0.2) is 36.7 Å². The number of para-hydroxylation sites is 1. The Kier molecular flexibility index (Phi) is 9.28. The van der Waals surface area contributed by atoms with Gasteiger partial charge >= 0.3 is 13.7 Å². The Morgan fingerprint density at radius 3 is 2.73 bits per heavy atom. The monoisotopic (exact) mass is 600 g/mol. The van der Waals surface area contributed by atoms with Crippen molar-refractivity contribution in [1.29, 1.82) is 0 Å². The van der Waals surface area contributed by atoms with Crippen molar-refractivity contribution in [2.24, 2.45) is 0 Å². The predicted octanol–water partition coefficient (Wildman–Crippen LogP) is 3.13. The number of hydrogen-bond acceptors (Lipinski definition) is 11. The second-order valence-corrected chi connectivity index (χ2v) is 11.0. The second-order valence-electron chi connectivity index (χ2n) is 9.07. The molecule has 3 heterocycles. The summed E-state index contributed by atoms with van der Waals surface area (Å²) in [4.78, 5) is 25.1. The molecule has 0 saturated carbocycles. The summed E-state index contributed by atoms with van der Waals surface area (Å²) in [7, 11) is -2.67. The molecule has 0 bridgehead atoms. The molecule has 1 fully saturated rings. The molecule has 0 unspecified atom stereocenters. The van der Waals surface area contributed by atoms with E-state index in [9.17, 15) is 14.5 Å². The van der Waals surface area contributed by atoms with Gasteiger partial charge in [-0.1, -0.05) is 18.2 Å². The highest BCUT2D eigenvalue weighted by Gasteiger charge is 2.57. The minimum atomic E-state index is -4.34. The third-order valence-electron chi connectivity index (χ3n) is 6.18. The summed E-state index contributed by atoms with van der Waals surface area (Å²) in [5.41, 5.74) is -1.22. The summed E-state index contributed by atoms with van der Waals surface area (Å²) >= 11 is 6.21. The van der Waals surface area contributed by atoms with Crippen LogP contribution in [0, 0.1) is 6.92 Å². The lowest BCUT2D eigenvalue weighted by Crippen LogP contribution is -2.48. The molecule has 6 atom stereocenters. The van der Waals surface area contributed by atoms with E-state index in [0.29, 0.717) is 17.2 Å². The molecule has 218 valence electrons. The zero-order valence-corrected chi connectivity index (χ0v) is 23.9. The molecule has 16 heteroatoms. The van der Waals surface area contributed by atoms with Gasteiger partial charge in [-0.3, -0.25) is 13.9 Å². The van der Waals surface area contributed by atoms with Crippen molar-refractivity contribution in [1.82, 2.24) is 24.6 Å². The van der Waals surface area contributed by atoms with Gasteiger partial charge in [0.15, 0.2) is 29.4 Å². The van der Waals surface area contributed by atoms with Crippen molar-refractivity contribution in [3.8, 4) is 5.75 Å². The third kappa shape index (κ3) is 6.07. The van der Waals surface area contributed by atoms with Crippen molar-refractivity contribution in [2.45, 2.75) is 50.9 Å². The number of carbonyl (C=O) groups is 1. The van der Waals surface area contributed by atoms with Gasteiger partial charge in [0.25, 0.3) is 0 Å². The Balaban J connectivity index is 1.61. The van der Waals surface area contributed by atoms with Gasteiger partial charge in [-0.05, 0) is 32.9 Å². The highest BCUT2D eigenvalue weighted by atomic mass is 35.5. The molecule has 40 heavy (non-hydrogen) atoms. The smallest absolute Gasteiger partial charge is 0.459 e. The van der Waals surface area contributed by atoms with Crippen LogP contribution in [0.3, 0.4) is 0 Å². The minimum Gasteiger partial charge on any atom is -0.465 e. The zero-order valence-electron chi connectivity index (χ0n) is 22.3. The third-order valence-corrected chi connectivity index (χ3v) is 8.25. The molecule has 2 aromatic heterocycles. The lowest BCUT2D eigenvalue weighted by Gasteiger charge is -2.31. The maximum absolute atomic E-state index is 15.6. The van der Waals surface area contributed by atoms with Crippen LogP contribution in [0.2, 0.25) is 0 Å². The molecule has 1 aliphatic rings. The zero-order chi connectivity index (χ0) is 29.1. The van der Waals surface area contributed by atoms with Gasteiger partial charge in [-0.15, -0.1) is 11.6 Å². The number of rotatable bonds is 12. The molecule has 0 amide bonds. The first-order chi connectivity index (χ1) is 19.1. The maximum Gasteiger partial charge on any atom is 0.459 e. The van der Waals surface area contributed by atoms with Gasteiger partial charge in [0.2, 0.25) is 0 Å². The maximum atomic E-state index is 15.6. The van der Waals surface area contributed by atoms with Crippen LogP contribution >= 0.6 is 19.3 Å². The van der Waals surface area contributed by atoms with Gasteiger partial charge in [-0.25, -0.2) is 23.9 Å². The molecular weight excluding hydrogens is 570 g/mol. The van der Waals surface area contributed by atoms with Crippen molar-refractivity contribution in [3.05, 3.63) is 42.5 Å². The number of nitrogens with zero attached hydrogens (tertiary/aromatic N) is 4. The average Bonchev–Trinajstić information content (AvgIpc) is 3.46. The number of alkyl halides is 2. The molecule has 0 radical (unpaired) electrons. The quantitative estimate of drug-likeness (QED) is 0.159. The first kappa shape index (κ1) is 30.1. The Bertz CT molecular complexity index is 1380. The summed E-state index contributed by atoms with van der Waals surface area (Å²) < 4.78 is 53.0. The Morgan fingerprint density at radius 1 is 1.35 bits per heavy atom. The van der Waals surface area contributed by atoms with Crippen LogP contribution in [-0.4, -0.2) is 80.7 Å². The van der Waals surface area contributed by atoms with E-state index in [1.54, 1.807) is 39.1 Å². The Labute approximate surface area is 234 Å². The number of halogens is 2. The highest BCUT2D eigenvalue weighted by Crippen LogP contribution is 2.49. The van der Waals surface area contributed by atoms with Crippen molar-refractivity contribution in [3.63, 3.8) is 0 Å². The topological polar surface area (TPSA) is 159 Å². The van der Waals surface area contributed by atoms with Gasteiger partial charge < -0.3 is 24.4 Å². The van der Waals surface area contributed by atoms with E-state index >= 15 is 4.39 Å². The number of ether oxygens (including phenoxy) is 2. The average molecular weight is 601 g/mol. The molecular formula is C24H31ClFN6O7P. The summed E-state index contributed by atoms with van der Waals surface area (Å²) in [6.45, 7) is 4.16. The number of nitrogens with one attached hydrogen (secondary N) is 2. The van der Waals surface area contributed by atoms with Crippen molar-refractivity contribution in [2.75, 3.05) is 31.5 Å². The fourth-order valence-electron chi connectivity index (χ4n) is 4.15.